The van der Waals surface area contributed by atoms with Crippen molar-refractivity contribution in [2.24, 2.45) is 5.92 Å². The summed E-state index contributed by atoms with van der Waals surface area (Å²) in [6, 6.07) is 14.3. The van der Waals surface area contributed by atoms with Crippen LogP contribution in [-0.2, 0) is 23.0 Å². The normalized spacial score (nSPS) is 11.7. The smallest absolute Gasteiger partial charge is 0.261 e. The molecule has 1 aromatic heterocycles. The molecular formula is C20H22ClN3O2S. The quantitative estimate of drug-likeness (QED) is 0.627. The predicted molar refractivity (Wildman–Crippen MR) is 109 cm³/mol. The van der Waals surface area contributed by atoms with E-state index in [0.717, 1.165) is 17.5 Å². The number of nitrogens with zero attached hydrogens (tertiary/aromatic N) is 2. The lowest BCUT2D eigenvalue weighted by atomic mass is 10.0. The number of hydrogen-bond acceptors (Lipinski definition) is 3. The third kappa shape index (κ3) is 5.34. The molecule has 0 radical (unpaired) electrons. The van der Waals surface area contributed by atoms with Crippen LogP contribution in [0.25, 0.3) is 0 Å². The van der Waals surface area contributed by atoms with Crippen molar-refractivity contribution in [1.29, 1.82) is 0 Å². The fourth-order valence-corrected chi connectivity index (χ4v) is 4.04. The molecular weight excluding hydrogens is 382 g/mol. The van der Waals surface area contributed by atoms with Gasteiger partial charge in [0.05, 0.1) is 22.7 Å². The molecule has 0 atom stereocenters. The van der Waals surface area contributed by atoms with Crippen molar-refractivity contribution in [2.45, 2.75) is 31.7 Å². The average Bonchev–Trinajstić information content (AvgIpc) is 2.99. The Kier molecular flexibility index (Phi) is 5.87. The summed E-state index contributed by atoms with van der Waals surface area (Å²) in [6.45, 7) is 4.78. The highest BCUT2D eigenvalue weighted by Crippen LogP contribution is 2.19. The van der Waals surface area contributed by atoms with Crippen LogP contribution in [0.5, 0.6) is 0 Å². The molecule has 1 N–H and O–H groups in total. The topological polar surface area (TPSA) is 64.0 Å². The zero-order valence-corrected chi connectivity index (χ0v) is 16.8. The summed E-state index contributed by atoms with van der Waals surface area (Å²) >= 11 is 5.88. The van der Waals surface area contributed by atoms with E-state index in [9.17, 15) is 8.42 Å². The Labute approximate surface area is 165 Å². The zero-order chi connectivity index (χ0) is 19.4. The van der Waals surface area contributed by atoms with Gasteiger partial charge in [0.15, 0.2) is 0 Å². The Hall–Kier alpha value is -2.31. The summed E-state index contributed by atoms with van der Waals surface area (Å²) < 4.78 is 29.7. The first-order valence-corrected chi connectivity index (χ1v) is 10.6. The van der Waals surface area contributed by atoms with Gasteiger partial charge in [-0.2, -0.15) is 5.10 Å². The van der Waals surface area contributed by atoms with Crippen molar-refractivity contribution in [3.8, 4) is 0 Å². The maximum absolute atomic E-state index is 12.7. The fourth-order valence-electron chi connectivity index (χ4n) is 2.84. The summed E-state index contributed by atoms with van der Waals surface area (Å²) in [5.41, 5.74) is 2.56. The van der Waals surface area contributed by atoms with Crippen molar-refractivity contribution in [3.63, 3.8) is 0 Å². The number of aromatic nitrogens is 2. The van der Waals surface area contributed by atoms with Gasteiger partial charge in [-0.15, -0.1) is 0 Å². The van der Waals surface area contributed by atoms with Crippen molar-refractivity contribution < 1.29 is 8.42 Å². The zero-order valence-electron chi connectivity index (χ0n) is 15.3. The molecule has 27 heavy (non-hydrogen) atoms. The van der Waals surface area contributed by atoms with E-state index in [0.29, 0.717) is 23.2 Å². The molecule has 0 saturated carbocycles. The van der Waals surface area contributed by atoms with Crippen LogP contribution in [0.15, 0.2) is 65.8 Å². The second-order valence-electron chi connectivity index (χ2n) is 6.90. The molecule has 0 saturated heterocycles. The SMILES string of the molecule is CC(C)Cc1ccc(S(=O)(=O)Nc2cccc(Cn3cc(Cl)cn3)c2)cc1. The number of hydrogen-bond donors (Lipinski definition) is 1. The van der Waals surface area contributed by atoms with Crippen LogP contribution in [0.2, 0.25) is 5.02 Å². The first-order valence-electron chi connectivity index (χ1n) is 8.70. The number of halogens is 1. The van der Waals surface area contributed by atoms with Gasteiger partial charge in [-0.05, 0) is 47.7 Å². The lowest BCUT2D eigenvalue weighted by Crippen LogP contribution is -2.13. The molecule has 3 aromatic rings. The van der Waals surface area contributed by atoms with Crippen LogP contribution in [0, 0.1) is 5.92 Å². The van der Waals surface area contributed by atoms with Crippen LogP contribution in [-0.4, -0.2) is 18.2 Å². The molecule has 142 valence electrons. The van der Waals surface area contributed by atoms with E-state index < -0.39 is 10.0 Å². The molecule has 0 fully saturated rings. The molecule has 2 aromatic carbocycles. The number of benzene rings is 2. The molecule has 1 heterocycles. The molecule has 0 bridgehead atoms. The minimum Gasteiger partial charge on any atom is -0.280 e. The highest BCUT2D eigenvalue weighted by atomic mass is 35.5. The molecule has 0 spiro atoms. The second kappa shape index (κ2) is 8.15. The Morgan fingerprint density at radius 1 is 1.11 bits per heavy atom. The molecule has 0 aliphatic carbocycles. The summed E-state index contributed by atoms with van der Waals surface area (Å²) in [5, 5.41) is 4.70. The van der Waals surface area contributed by atoms with E-state index in [4.69, 9.17) is 11.6 Å². The summed E-state index contributed by atoms with van der Waals surface area (Å²) in [7, 11) is -3.64. The van der Waals surface area contributed by atoms with E-state index in [2.05, 4.69) is 23.7 Å². The second-order valence-corrected chi connectivity index (χ2v) is 9.02. The molecule has 0 aliphatic heterocycles. The van der Waals surface area contributed by atoms with Gasteiger partial charge in [-0.25, -0.2) is 8.42 Å². The van der Waals surface area contributed by atoms with Crippen molar-refractivity contribution in [1.82, 2.24) is 9.78 Å². The van der Waals surface area contributed by atoms with Gasteiger partial charge in [0.25, 0.3) is 10.0 Å². The lowest BCUT2D eigenvalue weighted by molar-refractivity contribution is 0.601. The fraction of sp³-hybridized carbons (Fsp3) is 0.250. The van der Waals surface area contributed by atoms with Crippen LogP contribution in [0.1, 0.15) is 25.0 Å². The molecule has 0 amide bonds. The summed E-state index contributed by atoms with van der Waals surface area (Å²) in [4.78, 5) is 0.249. The highest BCUT2D eigenvalue weighted by molar-refractivity contribution is 7.92. The molecule has 5 nitrogen and oxygen atoms in total. The van der Waals surface area contributed by atoms with Crippen molar-refractivity contribution >= 4 is 27.3 Å². The van der Waals surface area contributed by atoms with Crippen LogP contribution in [0.3, 0.4) is 0 Å². The van der Waals surface area contributed by atoms with E-state index in [-0.39, 0.29) is 4.90 Å². The van der Waals surface area contributed by atoms with Gasteiger partial charge in [-0.3, -0.25) is 9.40 Å². The van der Waals surface area contributed by atoms with Gasteiger partial charge < -0.3 is 0 Å². The number of anilines is 1. The van der Waals surface area contributed by atoms with E-state index >= 15 is 0 Å². The Morgan fingerprint density at radius 3 is 2.48 bits per heavy atom. The molecule has 7 heteroatoms. The van der Waals surface area contributed by atoms with E-state index in [1.165, 1.54) is 0 Å². The third-order valence-electron chi connectivity index (χ3n) is 4.00. The first-order chi connectivity index (χ1) is 12.8. The minimum atomic E-state index is -3.64. The predicted octanol–water partition coefficient (Wildman–Crippen LogP) is 4.58. The number of sulfonamides is 1. The lowest BCUT2D eigenvalue weighted by Gasteiger charge is -2.11. The Balaban J connectivity index is 1.74. The Morgan fingerprint density at radius 2 is 1.85 bits per heavy atom. The van der Waals surface area contributed by atoms with Gasteiger partial charge in [0.1, 0.15) is 0 Å². The van der Waals surface area contributed by atoms with Gasteiger partial charge in [0.2, 0.25) is 0 Å². The van der Waals surface area contributed by atoms with Gasteiger partial charge >= 0.3 is 0 Å². The van der Waals surface area contributed by atoms with Crippen LogP contribution >= 0.6 is 11.6 Å². The van der Waals surface area contributed by atoms with Gasteiger partial charge in [-0.1, -0.05) is 49.7 Å². The monoisotopic (exact) mass is 403 g/mol. The van der Waals surface area contributed by atoms with Crippen LogP contribution < -0.4 is 4.72 Å². The standard InChI is InChI=1S/C20H22ClN3O2S/c1-15(2)10-16-6-8-20(9-7-16)27(25,26)23-19-5-3-4-17(11-19)13-24-14-18(21)12-22-24/h3-9,11-12,14-15,23H,10,13H2,1-2H3. The van der Waals surface area contributed by atoms with E-state index in [1.807, 2.05) is 24.3 Å². The molecule has 0 aliphatic rings. The Bertz CT molecular complexity index is 1010. The largest absolute Gasteiger partial charge is 0.280 e. The van der Waals surface area contributed by atoms with Crippen molar-refractivity contribution in [3.05, 3.63) is 77.1 Å². The van der Waals surface area contributed by atoms with Crippen molar-refractivity contribution in [2.75, 3.05) is 4.72 Å². The molecule has 3 rings (SSSR count). The van der Waals surface area contributed by atoms with Gasteiger partial charge in [0, 0.05) is 11.9 Å². The molecule has 0 unspecified atom stereocenters. The average molecular weight is 404 g/mol. The van der Waals surface area contributed by atoms with Crippen LogP contribution in [0.4, 0.5) is 5.69 Å². The highest BCUT2D eigenvalue weighted by Gasteiger charge is 2.14. The minimum absolute atomic E-state index is 0.249. The maximum atomic E-state index is 12.7. The maximum Gasteiger partial charge on any atom is 0.261 e. The third-order valence-corrected chi connectivity index (χ3v) is 5.60. The number of rotatable bonds is 7. The summed E-state index contributed by atoms with van der Waals surface area (Å²) in [5.74, 6) is 0.526. The first kappa shape index (κ1) is 19.5. The summed E-state index contributed by atoms with van der Waals surface area (Å²) in [6.07, 6.45) is 4.21. The number of nitrogens with one attached hydrogen (secondary N) is 1. The van der Waals surface area contributed by atoms with E-state index in [1.54, 1.807) is 41.3 Å².